The first-order valence-electron chi connectivity index (χ1n) is 3.95. The molecule has 80 valence electrons. The third-order valence-corrected chi connectivity index (χ3v) is 1.42. The number of carboxylic acids is 1. The largest absolute Gasteiger partial charge is 0.480 e. The van der Waals surface area contributed by atoms with Crippen molar-refractivity contribution < 1.29 is 19.5 Å². The minimum Gasteiger partial charge on any atom is -0.480 e. The highest BCUT2D eigenvalue weighted by molar-refractivity contribution is 5.96. The molecule has 0 aromatic carbocycles. The quantitative estimate of drug-likeness (QED) is 0.445. The normalized spacial score (nSPS) is 11.6. The van der Waals surface area contributed by atoms with Crippen LogP contribution < -0.4 is 16.0 Å². The van der Waals surface area contributed by atoms with E-state index < -0.39 is 23.9 Å². The molecule has 0 spiro atoms. The predicted molar refractivity (Wildman–Crippen MR) is 47.7 cm³/mol. The van der Waals surface area contributed by atoms with E-state index in [4.69, 9.17) is 5.11 Å². The van der Waals surface area contributed by atoms with Crippen molar-refractivity contribution in [2.45, 2.75) is 13.0 Å². The number of carboxylic acid groups (broad SMARTS) is 1. The highest BCUT2D eigenvalue weighted by Gasteiger charge is 2.14. The lowest BCUT2D eigenvalue weighted by molar-refractivity contribution is -0.136. The van der Waals surface area contributed by atoms with Crippen molar-refractivity contribution in [3.05, 3.63) is 0 Å². The van der Waals surface area contributed by atoms with Crippen LogP contribution in [-0.4, -0.2) is 42.6 Å². The van der Waals surface area contributed by atoms with Crippen molar-refractivity contribution in [1.82, 2.24) is 16.0 Å². The summed E-state index contributed by atoms with van der Waals surface area (Å²) in [6, 6.07) is -1.36. The average Bonchev–Trinajstić information content (AvgIpc) is 2.13. The Hall–Kier alpha value is -1.63. The number of aliphatic carboxylic acids is 1. The van der Waals surface area contributed by atoms with E-state index in [1.807, 2.05) is 5.32 Å². The highest BCUT2D eigenvalue weighted by Crippen LogP contribution is 1.81. The van der Waals surface area contributed by atoms with E-state index in [0.717, 1.165) is 0 Å². The molecule has 7 heteroatoms. The van der Waals surface area contributed by atoms with Crippen LogP contribution in [0.1, 0.15) is 6.92 Å². The molecule has 0 aliphatic heterocycles. The standard InChI is InChI=1S/C7H13N3O4/c1-4(9-3-5(11)12)6(13)10-7(14)8-2/h4,9H,3H2,1-2H3,(H,11,12)(H2,8,10,13,14). The maximum Gasteiger partial charge on any atom is 0.321 e. The fraction of sp³-hybridized carbons (Fsp3) is 0.571. The maximum absolute atomic E-state index is 11.1. The third-order valence-electron chi connectivity index (χ3n) is 1.42. The lowest BCUT2D eigenvalue weighted by Gasteiger charge is -2.11. The lowest BCUT2D eigenvalue weighted by atomic mass is 10.3. The maximum atomic E-state index is 11.1. The van der Waals surface area contributed by atoms with Gasteiger partial charge < -0.3 is 10.4 Å². The molecule has 14 heavy (non-hydrogen) atoms. The highest BCUT2D eigenvalue weighted by atomic mass is 16.4. The first kappa shape index (κ1) is 12.4. The first-order valence-corrected chi connectivity index (χ1v) is 3.95. The molecule has 4 N–H and O–H groups in total. The molecule has 0 aromatic heterocycles. The van der Waals surface area contributed by atoms with Crippen LogP contribution in [0.3, 0.4) is 0 Å². The minimum absolute atomic E-state index is 0.331. The van der Waals surface area contributed by atoms with Gasteiger partial charge in [-0.05, 0) is 6.92 Å². The summed E-state index contributed by atoms with van der Waals surface area (Å²) < 4.78 is 0. The Labute approximate surface area is 80.9 Å². The van der Waals surface area contributed by atoms with E-state index in [0.29, 0.717) is 0 Å². The number of rotatable bonds is 4. The number of hydrogen-bond acceptors (Lipinski definition) is 4. The molecule has 3 amide bonds. The van der Waals surface area contributed by atoms with Crippen molar-refractivity contribution in [3.63, 3.8) is 0 Å². The molecule has 0 saturated carbocycles. The lowest BCUT2D eigenvalue weighted by Crippen LogP contribution is -2.48. The minimum atomic E-state index is -1.07. The number of urea groups is 1. The first-order chi connectivity index (χ1) is 6.47. The van der Waals surface area contributed by atoms with Crippen molar-refractivity contribution in [2.24, 2.45) is 0 Å². The number of nitrogens with one attached hydrogen (secondary N) is 3. The average molecular weight is 203 g/mol. The van der Waals surface area contributed by atoms with Crippen molar-refractivity contribution in [3.8, 4) is 0 Å². The van der Waals surface area contributed by atoms with Gasteiger partial charge in [0.05, 0.1) is 12.6 Å². The van der Waals surface area contributed by atoms with Gasteiger partial charge in [0.25, 0.3) is 0 Å². The van der Waals surface area contributed by atoms with Crippen LogP contribution in [0.4, 0.5) is 4.79 Å². The molecular formula is C7H13N3O4. The van der Waals surface area contributed by atoms with Gasteiger partial charge in [-0.15, -0.1) is 0 Å². The molecule has 0 rings (SSSR count). The van der Waals surface area contributed by atoms with Gasteiger partial charge in [0.15, 0.2) is 0 Å². The summed E-state index contributed by atoms with van der Waals surface area (Å²) in [5.74, 6) is -1.64. The van der Waals surface area contributed by atoms with E-state index in [1.54, 1.807) is 0 Å². The van der Waals surface area contributed by atoms with E-state index in [-0.39, 0.29) is 6.54 Å². The molecule has 0 bridgehead atoms. The summed E-state index contributed by atoms with van der Waals surface area (Å²) in [4.78, 5) is 31.9. The van der Waals surface area contributed by atoms with Crippen LogP contribution in [0.5, 0.6) is 0 Å². The Kier molecular flexibility index (Phi) is 5.23. The molecule has 0 fully saturated rings. The van der Waals surface area contributed by atoms with Crippen LogP contribution in [0.15, 0.2) is 0 Å². The second-order valence-electron chi connectivity index (χ2n) is 2.56. The van der Waals surface area contributed by atoms with E-state index in [2.05, 4.69) is 10.6 Å². The number of amides is 3. The van der Waals surface area contributed by atoms with Crippen molar-refractivity contribution in [1.29, 1.82) is 0 Å². The summed E-state index contributed by atoms with van der Waals surface area (Å²) >= 11 is 0. The molecule has 0 aliphatic rings. The summed E-state index contributed by atoms with van der Waals surface area (Å²) in [7, 11) is 1.37. The van der Waals surface area contributed by atoms with Crippen LogP contribution >= 0.6 is 0 Å². The van der Waals surface area contributed by atoms with Gasteiger partial charge in [0, 0.05) is 7.05 Å². The molecule has 0 aromatic rings. The molecule has 0 aliphatic carbocycles. The zero-order valence-electron chi connectivity index (χ0n) is 7.96. The van der Waals surface area contributed by atoms with Crippen LogP contribution in [0.2, 0.25) is 0 Å². The Morgan fingerprint density at radius 2 is 1.93 bits per heavy atom. The Bertz CT molecular complexity index is 241. The van der Waals surface area contributed by atoms with E-state index >= 15 is 0 Å². The predicted octanol–water partition coefficient (Wildman–Crippen LogP) is -1.50. The fourth-order valence-electron chi connectivity index (χ4n) is 0.616. The van der Waals surface area contributed by atoms with E-state index in [1.165, 1.54) is 14.0 Å². The molecular weight excluding hydrogens is 190 g/mol. The second kappa shape index (κ2) is 5.92. The van der Waals surface area contributed by atoms with Gasteiger partial charge in [-0.3, -0.25) is 20.2 Å². The van der Waals surface area contributed by atoms with Crippen LogP contribution in [0, 0.1) is 0 Å². The zero-order valence-corrected chi connectivity index (χ0v) is 7.96. The summed E-state index contributed by atoms with van der Waals surface area (Å²) in [5, 5.41) is 14.9. The SMILES string of the molecule is CNC(=O)NC(=O)C(C)NCC(=O)O. The summed E-state index contributed by atoms with van der Waals surface area (Å²) in [5.41, 5.74) is 0. The molecule has 0 saturated heterocycles. The number of carbonyl (C=O) groups excluding carboxylic acids is 2. The monoisotopic (exact) mass is 203 g/mol. The summed E-state index contributed by atoms with van der Waals surface area (Å²) in [6.45, 7) is 1.13. The van der Waals surface area contributed by atoms with Crippen LogP contribution in [0.25, 0.3) is 0 Å². The number of carbonyl (C=O) groups is 3. The second-order valence-corrected chi connectivity index (χ2v) is 2.56. The number of hydrogen-bond donors (Lipinski definition) is 4. The van der Waals surface area contributed by atoms with Gasteiger partial charge in [-0.25, -0.2) is 4.79 Å². The molecule has 0 radical (unpaired) electrons. The third kappa shape index (κ3) is 5.09. The molecule has 0 heterocycles. The Morgan fingerprint density at radius 1 is 1.36 bits per heavy atom. The van der Waals surface area contributed by atoms with Gasteiger partial charge in [-0.2, -0.15) is 0 Å². The molecule has 1 atom stereocenters. The smallest absolute Gasteiger partial charge is 0.321 e. The van der Waals surface area contributed by atoms with Gasteiger partial charge in [0.1, 0.15) is 0 Å². The number of imide groups is 1. The fourth-order valence-corrected chi connectivity index (χ4v) is 0.616. The van der Waals surface area contributed by atoms with Crippen molar-refractivity contribution >= 4 is 17.9 Å². The summed E-state index contributed by atoms with van der Waals surface area (Å²) in [6.07, 6.45) is 0. The van der Waals surface area contributed by atoms with Gasteiger partial charge in [0.2, 0.25) is 5.91 Å². The Morgan fingerprint density at radius 3 is 2.36 bits per heavy atom. The Balaban J connectivity index is 3.87. The van der Waals surface area contributed by atoms with Gasteiger partial charge in [-0.1, -0.05) is 0 Å². The molecule has 7 nitrogen and oxygen atoms in total. The van der Waals surface area contributed by atoms with E-state index in [9.17, 15) is 14.4 Å². The van der Waals surface area contributed by atoms with Crippen molar-refractivity contribution in [2.75, 3.05) is 13.6 Å². The topological polar surface area (TPSA) is 108 Å². The van der Waals surface area contributed by atoms with Gasteiger partial charge >= 0.3 is 12.0 Å². The van der Waals surface area contributed by atoms with Crippen LogP contribution in [-0.2, 0) is 9.59 Å². The zero-order chi connectivity index (χ0) is 11.1. The molecule has 1 unspecified atom stereocenters.